The van der Waals surface area contributed by atoms with Crippen molar-refractivity contribution in [2.24, 2.45) is 0 Å². The molecule has 2 aliphatic heterocycles. The Morgan fingerprint density at radius 2 is 1.67 bits per heavy atom. The maximum Gasteiger partial charge on any atom is 0.573 e. The monoisotopic (exact) mass is 598 g/mol. The van der Waals surface area contributed by atoms with Crippen molar-refractivity contribution in [2.45, 2.75) is 32.1 Å². The molecule has 0 saturated carbocycles. The number of hydrogen-bond donors (Lipinski definition) is 1. The van der Waals surface area contributed by atoms with Gasteiger partial charge >= 0.3 is 6.36 Å². The standard InChI is InChI=1S/C32H34ClF3N4O2/c33-30-4-2-1-3-25(30)20-39-14-12-38(13-15-39)19-23-5-10-31-28(17-23)29(22-40(31)21-27-18-37-11-16-41-27)24-6-8-26(9-7-24)42-32(34,35)36/h1-10,17,22,27,37H,11-16,18-21H2. The highest BCUT2D eigenvalue weighted by molar-refractivity contribution is 6.31. The summed E-state index contributed by atoms with van der Waals surface area (Å²) in [5.41, 5.74) is 5.24. The first-order chi connectivity index (χ1) is 20.3. The normalized spacial score (nSPS) is 18.9. The van der Waals surface area contributed by atoms with Crippen molar-refractivity contribution in [3.05, 3.63) is 89.1 Å². The van der Waals surface area contributed by atoms with Gasteiger partial charge in [-0.25, -0.2) is 0 Å². The summed E-state index contributed by atoms with van der Waals surface area (Å²) in [5.74, 6) is -0.231. The van der Waals surface area contributed by atoms with Gasteiger partial charge in [0.15, 0.2) is 0 Å². The van der Waals surface area contributed by atoms with Crippen LogP contribution in [-0.2, 0) is 24.4 Å². The Morgan fingerprint density at radius 3 is 2.36 bits per heavy atom. The second-order valence-corrected chi connectivity index (χ2v) is 11.4. The van der Waals surface area contributed by atoms with Crippen LogP contribution in [0, 0.1) is 0 Å². The Bertz CT molecular complexity index is 1490. The molecule has 0 spiro atoms. The van der Waals surface area contributed by atoms with E-state index in [2.05, 4.69) is 54.9 Å². The highest BCUT2D eigenvalue weighted by Gasteiger charge is 2.31. The van der Waals surface area contributed by atoms with Gasteiger partial charge in [-0.3, -0.25) is 9.80 Å². The Hall–Kier alpha value is -3.08. The number of nitrogens with one attached hydrogen (secondary N) is 1. The van der Waals surface area contributed by atoms with Gasteiger partial charge in [0, 0.05) is 80.0 Å². The topological polar surface area (TPSA) is 41.9 Å². The van der Waals surface area contributed by atoms with Crippen LogP contribution in [0.5, 0.6) is 5.75 Å². The van der Waals surface area contributed by atoms with E-state index in [4.69, 9.17) is 16.3 Å². The van der Waals surface area contributed by atoms with Gasteiger partial charge in [0.05, 0.1) is 19.3 Å². The van der Waals surface area contributed by atoms with E-state index in [0.29, 0.717) is 13.2 Å². The lowest BCUT2D eigenvalue weighted by Gasteiger charge is -2.35. The van der Waals surface area contributed by atoms with Gasteiger partial charge in [-0.2, -0.15) is 0 Å². The Labute approximate surface area is 248 Å². The maximum atomic E-state index is 12.7. The molecule has 6 rings (SSSR count). The molecule has 222 valence electrons. The quantitative estimate of drug-likeness (QED) is 0.263. The van der Waals surface area contributed by atoms with Crippen molar-refractivity contribution >= 4 is 22.5 Å². The number of rotatable bonds is 8. The molecule has 6 nitrogen and oxygen atoms in total. The van der Waals surface area contributed by atoms with Gasteiger partial charge in [-0.15, -0.1) is 13.2 Å². The molecule has 0 amide bonds. The van der Waals surface area contributed by atoms with Gasteiger partial charge in [-0.1, -0.05) is 48.0 Å². The molecule has 3 aromatic carbocycles. The summed E-state index contributed by atoms with van der Waals surface area (Å²) in [6, 6.07) is 20.7. The third-order valence-corrected chi connectivity index (χ3v) is 8.34. The van der Waals surface area contributed by atoms with Crippen molar-refractivity contribution < 1.29 is 22.6 Å². The first kappa shape index (κ1) is 29.0. The smallest absolute Gasteiger partial charge is 0.406 e. The molecule has 2 saturated heterocycles. The summed E-state index contributed by atoms with van der Waals surface area (Å²) in [6.07, 6.45) is -2.59. The lowest BCUT2D eigenvalue weighted by molar-refractivity contribution is -0.274. The fraction of sp³-hybridized carbons (Fsp3) is 0.375. The number of hydrogen-bond acceptors (Lipinski definition) is 5. The second-order valence-electron chi connectivity index (χ2n) is 11.0. The molecule has 42 heavy (non-hydrogen) atoms. The van der Waals surface area contributed by atoms with E-state index >= 15 is 0 Å². The van der Waals surface area contributed by atoms with Gasteiger partial charge in [0.1, 0.15) is 5.75 Å². The maximum absolute atomic E-state index is 12.7. The molecule has 1 N–H and O–H groups in total. The number of morpholine rings is 1. The van der Waals surface area contributed by atoms with Crippen LogP contribution in [0.3, 0.4) is 0 Å². The zero-order valence-corrected chi connectivity index (χ0v) is 24.0. The van der Waals surface area contributed by atoms with Crippen LogP contribution in [0.25, 0.3) is 22.0 Å². The fourth-order valence-electron chi connectivity index (χ4n) is 5.85. The van der Waals surface area contributed by atoms with Crippen molar-refractivity contribution in [1.29, 1.82) is 0 Å². The van der Waals surface area contributed by atoms with Crippen LogP contribution in [0.15, 0.2) is 72.9 Å². The number of benzene rings is 3. The third-order valence-electron chi connectivity index (χ3n) is 7.97. The van der Waals surface area contributed by atoms with Crippen LogP contribution >= 0.6 is 11.6 Å². The summed E-state index contributed by atoms with van der Waals surface area (Å²) in [6.45, 7) is 8.52. The predicted octanol–water partition coefficient (Wildman–Crippen LogP) is 6.17. The Kier molecular flexibility index (Phi) is 8.74. The van der Waals surface area contributed by atoms with Crippen LogP contribution in [0.2, 0.25) is 5.02 Å². The van der Waals surface area contributed by atoms with Crippen molar-refractivity contribution in [3.63, 3.8) is 0 Å². The Morgan fingerprint density at radius 1 is 0.929 bits per heavy atom. The number of nitrogens with zero attached hydrogens (tertiary/aromatic N) is 3. The predicted molar refractivity (Wildman–Crippen MR) is 159 cm³/mol. The summed E-state index contributed by atoms with van der Waals surface area (Å²) >= 11 is 6.37. The van der Waals surface area contributed by atoms with E-state index in [1.165, 1.54) is 17.7 Å². The van der Waals surface area contributed by atoms with Gasteiger partial charge in [0.2, 0.25) is 0 Å². The fourth-order valence-corrected chi connectivity index (χ4v) is 6.04. The molecular formula is C32H34ClF3N4O2. The minimum Gasteiger partial charge on any atom is -0.406 e. The summed E-state index contributed by atoms with van der Waals surface area (Å²) < 4.78 is 50.4. The van der Waals surface area contributed by atoms with Crippen molar-refractivity contribution in [2.75, 3.05) is 45.9 Å². The molecule has 0 bridgehead atoms. The molecule has 4 aromatic rings. The minimum absolute atomic E-state index is 0.0477. The van der Waals surface area contributed by atoms with Crippen molar-refractivity contribution in [1.82, 2.24) is 19.7 Å². The average Bonchev–Trinajstić information content (AvgIpc) is 3.33. The Balaban J connectivity index is 1.20. The summed E-state index contributed by atoms with van der Waals surface area (Å²) in [4.78, 5) is 4.90. The van der Waals surface area contributed by atoms with Gasteiger partial charge < -0.3 is 19.4 Å². The number of ether oxygens (including phenoxy) is 2. The zero-order valence-electron chi connectivity index (χ0n) is 23.2. The lowest BCUT2D eigenvalue weighted by atomic mass is 10.0. The van der Waals surface area contributed by atoms with Crippen molar-refractivity contribution in [3.8, 4) is 16.9 Å². The van der Waals surface area contributed by atoms with Gasteiger partial charge in [-0.05, 0) is 47.0 Å². The number of alkyl halides is 3. The van der Waals surface area contributed by atoms with Crippen LogP contribution in [-0.4, -0.2) is 72.7 Å². The molecule has 2 aliphatic rings. The highest BCUT2D eigenvalue weighted by atomic mass is 35.5. The molecule has 2 fully saturated rings. The number of aromatic nitrogens is 1. The number of fused-ring (bicyclic) bond motifs is 1. The molecule has 1 atom stereocenters. The van der Waals surface area contributed by atoms with E-state index in [9.17, 15) is 13.2 Å². The van der Waals surface area contributed by atoms with E-state index in [1.807, 2.05) is 18.2 Å². The average molecular weight is 599 g/mol. The summed E-state index contributed by atoms with van der Waals surface area (Å²) in [5, 5.41) is 5.26. The molecule has 0 aliphatic carbocycles. The first-order valence-electron chi connectivity index (χ1n) is 14.3. The summed E-state index contributed by atoms with van der Waals surface area (Å²) in [7, 11) is 0. The molecule has 1 unspecified atom stereocenters. The number of halogens is 4. The lowest BCUT2D eigenvalue weighted by Crippen LogP contribution is -2.45. The molecular weight excluding hydrogens is 565 g/mol. The molecule has 1 aromatic heterocycles. The third kappa shape index (κ3) is 7.10. The number of piperazine rings is 1. The molecule has 3 heterocycles. The SMILES string of the molecule is FC(F)(F)Oc1ccc(-c2cn(CC3CNCCO3)c3ccc(CN4CCN(Cc5ccccc5Cl)CC4)cc23)cc1. The van der Waals surface area contributed by atoms with Crippen LogP contribution in [0.1, 0.15) is 11.1 Å². The van der Waals surface area contributed by atoms with Crippen LogP contribution in [0.4, 0.5) is 13.2 Å². The van der Waals surface area contributed by atoms with E-state index < -0.39 is 6.36 Å². The second kappa shape index (κ2) is 12.7. The minimum atomic E-state index is -4.72. The molecule has 0 radical (unpaired) electrons. The molecule has 10 heteroatoms. The van der Waals surface area contributed by atoms with E-state index in [-0.39, 0.29) is 11.9 Å². The van der Waals surface area contributed by atoms with E-state index in [0.717, 1.165) is 85.0 Å². The first-order valence-corrected chi connectivity index (χ1v) is 14.7. The zero-order chi connectivity index (χ0) is 29.1. The largest absolute Gasteiger partial charge is 0.573 e. The highest BCUT2D eigenvalue weighted by Crippen LogP contribution is 2.34. The van der Waals surface area contributed by atoms with Gasteiger partial charge in [0.25, 0.3) is 0 Å². The van der Waals surface area contributed by atoms with Crippen LogP contribution < -0.4 is 10.1 Å². The van der Waals surface area contributed by atoms with E-state index in [1.54, 1.807) is 12.1 Å².